The Morgan fingerprint density at radius 3 is 2.72 bits per heavy atom. The van der Waals surface area contributed by atoms with Gasteiger partial charge in [0.05, 0.1) is 11.2 Å². The molecule has 0 radical (unpaired) electrons. The Balaban J connectivity index is 2.41. The van der Waals surface area contributed by atoms with Gasteiger partial charge in [-0.25, -0.2) is 15.8 Å². The zero-order valence-electron chi connectivity index (χ0n) is 10.6. The average molecular weight is 264 g/mol. The van der Waals surface area contributed by atoms with Gasteiger partial charge in [-0.1, -0.05) is 25.6 Å². The van der Waals surface area contributed by atoms with Crippen LogP contribution in [-0.4, -0.2) is 9.97 Å². The maximum atomic E-state index is 5.49. The van der Waals surface area contributed by atoms with E-state index in [0.29, 0.717) is 5.82 Å². The van der Waals surface area contributed by atoms with Crippen LogP contribution in [0.3, 0.4) is 0 Å². The minimum Gasteiger partial charge on any atom is -0.468 e. The van der Waals surface area contributed by atoms with Gasteiger partial charge in [-0.2, -0.15) is 0 Å². The minimum absolute atomic E-state index is 0.284. The molecule has 0 fully saturated rings. The maximum absolute atomic E-state index is 5.49. The van der Waals surface area contributed by atoms with Crippen molar-refractivity contribution in [3.8, 4) is 0 Å². The second-order valence-electron chi connectivity index (χ2n) is 4.18. The molecule has 0 amide bonds. The van der Waals surface area contributed by atoms with Crippen LogP contribution in [0.15, 0.2) is 33.0 Å². The van der Waals surface area contributed by atoms with Crippen LogP contribution in [0, 0.1) is 6.92 Å². The molecule has 3 N–H and O–H groups in total. The van der Waals surface area contributed by atoms with Crippen molar-refractivity contribution in [1.82, 2.24) is 9.97 Å². The predicted molar refractivity (Wildman–Crippen MR) is 71.5 cm³/mol. The largest absolute Gasteiger partial charge is 0.468 e. The predicted octanol–water partition coefficient (Wildman–Crippen LogP) is 2.94. The van der Waals surface area contributed by atoms with E-state index in [9.17, 15) is 0 Å². The van der Waals surface area contributed by atoms with Crippen molar-refractivity contribution >= 4 is 17.6 Å². The first-order chi connectivity index (χ1) is 8.63. The molecule has 2 rings (SSSR count). The lowest BCUT2D eigenvalue weighted by Gasteiger charge is -2.14. The second kappa shape index (κ2) is 5.41. The summed E-state index contributed by atoms with van der Waals surface area (Å²) < 4.78 is 5.29. The fourth-order valence-corrected chi connectivity index (χ4v) is 2.75. The summed E-state index contributed by atoms with van der Waals surface area (Å²) in [6, 6.07) is 1.93. The zero-order chi connectivity index (χ0) is 13.1. The summed E-state index contributed by atoms with van der Waals surface area (Å²) in [5.74, 6) is 7.33. The molecular formula is C12H16N4OS. The Kier molecular flexibility index (Phi) is 3.88. The SMILES string of the molecule is Cc1occc1Sc1ncnc(NN)c1C(C)C. The van der Waals surface area contributed by atoms with E-state index in [1.807, 2.05) is 13.0 Å². The number of hydrogen-bond acceptors (Lipinski definition) is 6. The van der Waals surface area contributed by atoms with E-state index in [1.165, 1.54) is 6.33 Å². The summed E-state index contributed by atoms with van der Waals surface area (Å²) in [4.78, 5) is 9.54. The summed E-state index contributed by atoms with van der Waals surface area (Å²) in [6.45, 7) is 6.11. The van der Waals surface area contributed by atoms with Crippen molar-refractivity contribution in [1.29, 1.82) is 0 Å². The molecule has 0 aliphatic carbocycles. The van der Waals surface area contributed by atoms with E-state index in [0.717, 1.165) is 21.2 Å². The lowest BCUT2D eigenvalue weighted by Crippen LogP contribution is -2.13. The van der Waals surface area contributed by atoms with Gasteiger partial charge in [0.1, 0.15) is 22.9 Å². The number of aryl methyl sites for hydroxylation is 1. The summed E-state index contributed by atoms with van der Waals surface area (Å²) in [5.41, 5.74) is 3.64. The number of furan rings is 1. The van der Waals surface area contributed by atoms with Gasteiger partial charge in [-0.3, -0.25) is 0 Å². The second-order valence-corrected chi connectivity index (χ2v) is 5.21. The van der Waals surface area contributed by atoms with Gasteiger partial charge in [0.25, 0.3) is 0 Å². The number of rotatable bonds is 4. The molecule has 0 aromatic carbocycles. The van der Waals surface area contributed by atoms with Gasteiger partial charge in [0, 0.05) is 5.56 Å². The third kappa shape index (κ3) is 2.49. The van der Waals surface area contributed by atoms with Crippen LogP contribution < -0.4 is 11.3 Å². The third-order valence-electron chi connectivity index (χ3n) is 2.58. The Labute approximate surface area is 110 Å². The molecule has 0 aliphatic rings. The Morgan fingerprint density at radius 2 is 2.17 bits per heavy atom. The van der Waals surface area contributed by atoms with Gasteiger partial charge in [0.15, 0.2) is 0 Å². The lowest BCUT2D eigenvalue weighted by atomic mass is 10.1. The molecule has 5 nitrogen and oxygen atoms in total. The molecule has 0 saturated heterocycles. The topological polar surface area (TPSA) is 77.0 Å². The van der Waals surface area contributed by atoms with Crippen molar-refractivity contribution in [3.05, 3.63) is 30.0 Å². The van der Waals surface area contributed by atoms with E-state index >= 15 is 0 Å². The van der Waals surface area contributed by atoms with Crippen LogP contribution in [0.2, 0.25) is 0 Å². The molecule has 0 spiro atoms. The summed E-state index contributed by atoms with van der Waals surface area (Å²) >= 11 is 1.56. The highest BCUT2D eigenvalue weighted by atomic mass is 32.2. The molecule has 0 bridgehead atoms. The Bertz CT molecular complexity index is 539. The highest BCUT2D eigenvalue weighted by Crippen LogP contribution is 2.36. The lowest BCUT2D eigenvalue weighted by molar-refractivity contribution is 0.527. The van der Waals surface area contributed by atoms with Crippen molar-refractivity contribution in [2.45, 2.75) is 36.6 Å². The van der Waals surface area contributed by atoms with Gasteiger partial charge in [0.2, 0.25) is 0 Å². The molecule has 0 atom stereocenters. The van der Waals surface area contributed by atoms with Crippen molar-refractivity contribution < 1.29 is 4.42 Å². The molecule has 2 aromatic heterocycles. The smallest absolute Gasteiger partial charge is 0.147 e. The van der Waals surface area contributed by atoms with Crippen molar-refractivity contribution in [3.63, 3.8) is 0 Å². The first-order valence-corrected chi connectivity index (χ1v) is 6.48. The van der Waals surface area contributed by atoms with Crippen LogP contribution in [0.5, 0.6) is 0 Å². The molecule has 0 unspecified atom stereocenters. The minimum atomic E-state index is 0.284. The number of nitrogen functional groups attached to an aromatic ring is 1. The molecule has 18 heavy (non-hydrogen) atoms. The van der Waals surface area contributed by atoms with Crippen LogP contribution >= 0.6 is 11.8 Å². The summed E-state index contributed by atoms with van der Waals surface area (Å²) in [7, 11) is 0. The standard InChI is InChI=1S/C12H16N4OS/c1-7(2)10-11(16-13)14-6-15-12(10)18-9-4-5-17-8(9)3/h4-7H,13H2,1-3H3,(H,14,15,16). The van der Waals surface area contributed by atoms with Crippen LogP contribution in [0.25, 0.3) is 0 Å². The Morgan fingerprint density at radius 1 is 1.39 bits per heavy atom. The van der Waals surface area contributed by atoms with E-state index < -0.39 is 0 Å². The highest BCUT2D eigenvalue weighted by Gasteiger charge is 2.16. The molecule has 0 aliphatic heterocycles. The van der Waals surface area contributed by atoms with Crippen molar-refractivity contribution in [2.24, 2.45) is 5.84 Å². The number of nitrogens with zero attached hydrogens (tertiary/aromatic N) is 2. The van der Waals surface area contributed by atoms with Gasteiger partial charge >= 0.3 is 0 Å². The average Bonchev–Trinajstić information content (AvgIpc) is 2.74. The highest BCUT2D eigenvalue weighted by molar-refractivity contribution is 7.99. The number of anilines is 1. The first kappa shape index (κ1) is 12.9. The maximum Gasteiger partial charge on any atom is 0.147 e. The Hall–Kier alpha value is -1.53. The van der Waals surface area contributed by atoms with Crippen LogP contribution in [-0.2, 0) is 0 Å². The first-order valence-electron chi connectivity index (χ1n) is 5.67. The van der Waals surface area contributed by atoms with Gasteiger partial charge in [-0.15, -0.1) is 0 Å². The number of aromatic nitrogens is 2. The van der Waals surface area contributed by atoms with Crippen LogP contribution in [0.4, 0.5) is 5.82 Å². The monoisotopic (exact) mass is 264 g/mol. The fourth-order valence-electron chi connectivity index (χ4n) is 1.68. The number of nitrogens with two attached hydrogens (primary N) is 1. The van der Waals surface area contributed by atoms with Crippen molar-refractivity contribution in [2.75, 3.05) is 5.43 Å². The molecular weight excluding hydrogens is 248 g/mol. The quantitative estimate of drug-likeness (QED) is 0.502. The van der Waals surface area contributed by atoms with E-state index in [1.54, 1.807) is 18.0 Å². The third-order valence-corrected chi connectivity index (χ3v) is 3.74. The fraction of sp³-hybridized carbons (Fsp3) is 0.333. The number of hydrogen-bond donors (Lipinski definition) is 2. The molecule has 96 valence electrons. The molecule has 2 heterocycles. The van der Waals surface area contributed by atoms with Gasteiger partial charge in [-0.05, 0) is 18.9 Å². The molecule has 6 heteroatoms. The number of nitrogens with one attached hydrogen (secondary N) is 1. The zero-order valence-corrected chi connectivity index (χ0v) is 11.4. The van der Waals surface area contributed by atoms with Gasteiger partial charge < -0.3 is 9.84 Å². The summed E-state index contributed by atoms with van der Waals surface area (Å²) in [6.07, 6.45) is 3.19. The molecule has 2 aromatic rings. The van der Waals surface area contributed by atoms with E-state index in [-0.39, 0.29) is 5.92 Å². The van der Waals surface area contributed by atoms with Crippen LogP contribution in [0.1, 0.15) is 31.1 Å². The van der Waals surface area contributed by atoms with E-state index in [4.69, 9.17) is 10.3 Å². The normalized spacial score (nSPS) is 10.9. The molecule has 0 saturated carbocycles. The van der Waals surface area contributed by atoms with E-state index in [2.05, 4.69) is 29.2 Å². The number of hydrazine groups is 1. The summed E-state index contributed by atoms with van der Waals surface area (Å²) in [5, 5.41) is 0.900.